The Balaban J connectivity index is 1.67. The van der Waals surface area contributed by atoms with Gasteiger partial charge >= 0.3 is 0 Å². The van der Waals surface area contributed by atoms with Crippen LogP contribution in [-0.2, 0) is 4.79 Å². The second-order valence-corrected chi connectivity index (χ2v) is 5.55. The highest BCUT2D eigenvalue weighted by molar-refractivity contribution is 5.94. The Kier molecular flexibility index (Phi) is 7.00. The first kappa shape index (κ1) is 19.6. The van der Waals surface area contributed by atoms with E-state index < -0.39 is 4.92 Å². The van der Waals surface area contributed by atoms with E-state index in [4.69, 9.17) is 0 Å². The Morgan fingerprint density at radius 3 is 2.59 bits per heavy atom. The third-order valence-corrected chi connectivity index (χ3v) is 3.48. The lowest BCUT2D eigenvalue weighted by Gasteiger charge is -2.05. The SMILES string of the molecule is O=C(CCCNC(=O)c1ccc([N+](=O)[O-])cc1)NN=Cc1cccc(O)c1. The monoisotopic (exact) mass is 370 g/mol. The number of rotatable bonds is 8. The molecule has 9 nitrogen and oxygen atoms in total. The molecule has 0 unspecified atom stereocenters. The van der Waals surface area contributed by atoms with Crippen LogP contribution < -0.4 is 10.7 Å². The van der Waals surface area contributed by atoms with Crippen LogP contribution in [0.1, 0.15) is 28.8 Å². The Morgan fingerprint density at radius 2 is 1.93 bits per heavy atom. The standard InChI is InChI=1S/C18H18N4O5/c23-16-4-1-3-13(11-16)12-20-21-17(24)5-2-10-19-18(25)14-6-8-15(9-7-14)22(26)27/h1,3-4,6-9,11-12,23H,2,5,10H2,(H,19,25)(H,21,24). The fourth-order valence-electron chi connectivity index (χ4n) is 2.13. The van der Waals surface area contributed by atoms with E-state index in [1.807, 2.05) is 0 Å². The number of carbonyl (C=O) groups is 2. The summed E-state index contributed by atoms with van der Waals surface area (Å²) in [5.41, 5.74) is 3.22. The van der Waals surface area contributed by atoms with Gasteiger partial charge in [0.15, 0.2) is 0 Å². The third kappa shape index (κ3) is 6.58. The van der Waals surface area contributed by atoms with Crippen LogP contribution in [0.15, 0.2) is 53.6 Å². The number of nitro benzene ring substituents is 1. The van der Waals surface area contributed by atoms with E-state index >= 15 is 0 Å². The molecule has 0 aliphatic rings. The summed E-state index contributed by atoms with van der Waals surface area (Å²) in [6.45, 7) is 0.277. The summed E-state index contributed by atoms with van der Waals surface area (Å²) in [6.07, 6.45) is 1.98. The molecule has 0 radical (unpaired) electrons. The number of benzene rings is 2. The number of hydrogen-bond donors (Lipinski definition) is 3. The minimum atomic E-state index is -0.538. The number of aromatic hydroxyl groups is 1. The summed E-state index contributed by atoms with van der Waals surface area (Å²) < 4.78 is 0. The zero-order valence-electron chi connectivity index (χ0n) is 14.3. The molecule has 27 heavy (non-hydrogen) atoms. The van der Waals surface area contributed by atoms with Gasteiger partial charge in [0.1, 0.15) is 5.75 Å². The van der Waals surface area contributed by atoms with E-state index in [-0.39, 0.29) is 36.2 Å². The molecule has 0 heterocycles. The van der Waals surface area contributed by atoms with E-state index in [1.54, 1.807) is 12.1 Å². The summed E-state index contributed by atoms with van der Waals surface area (Å²) in [5, 5.41) is 26.3. The molecule has 2 amide bonds. The summed E-state index contributed by atoms with van der Waals surface area (Å²) in [4.78, 5) is 33.6. The van der Waals surface area contributed by atoms with Crippen LogP contribution in [0.2, 0.25) is 0 Å². The van der Waals surface area contributed by atoms with Crippen LogP contribution in [0, 0.1) is 10.1 Å². The summed E-state index contributed by atoms with van der Waals surface area (Å²) in [7, 11) is 0. The molecule has 0 aliphatic heterocycles. The van der Waals surface area contributed by atoms with Crippen molar-refractivity contribution >= 4 is 23.7 Å². The number of hydrazone groups is 1. The smallest absolute Gasteiger partial charge is 0.269 e. The van der Waals surface area contributed by atoms with Gasteiger partial charge in [-0.3, -0.25) is 19.7 Å². The van der Waals surface area contributed by atoms with Crippen molar-refractivity contribution in [2.45, 2.75) is 12.8 Å². The first-order valence-electron chi connectivity index (χ1n) is 8.09. The summed E-state index contributed by atoms with van der Waals surface area (Å²) in [6, 6.07) is 11.7. The molecular weight excluding hydrogens is 352 g/mol. The number of nitrogens with zero attached hydrogens (tertiary/aromatic N) is 2. The van der Waals surface area contributed by atoms with Gasteiger partial charge in [-0.1, -0.05) is 12.1 Å². The lowest BCUT2D eigenvalue weighted by molar-refractivity contribution is -0.384. The van der Waals surface area contributed by atoms with Crippen molar-refractivity contribution in [2.24, 2.45) is 5.10 Å². The van der Waals surface area contributed by atoms with Crippen molar-refractivity contribution in [3.63, 3.8) is 0 Å². The van der Waals surface area contributed by atoms with Crippen LogP contribution in [0.5, 0.6) is 5.75 Å². The number of phenolic OH excluding ortho intramolecular Hbond substituents is 1. The van der Waals surface area contributed by atoms with Crippen LogP contribution >= 0.6 is 0 Å². The van der Waals surface area contributed by atoms with Crippen LogP contribution in [0.3, 0.4) is 0 Å². The van der Waals surface area contributed by atoms with Crippen LogP contribution in [0.4, 0.5) is 5.69 Å². The molecular formula is C18H18N4O5. The molecule has 0 aliphatic carbocycles. The highest BCUT2D eigenvalue weighted by atomic mass is 16.6. The largest absolute Gasteiger partial charge is 0.508 e. The zero-order chi connectivity index (χ0) is 19.6. The van der Waals surface area contributed by atoms with Gasteiger partial charge in [0.25, 0.3) is 11.6 Å². The fourth-order valence-corrected chi connectivity index (χ4v) is 2.13. The molecule has 0 spiro atoms. The first-order valence-corrected chi connectivity index (χ1v) is 8.09. The van der Waals surface area contributed by atoms with Crippen molar-refractivity contribution in [1.82, 2.24) is 10.7 Å². The molecule has 0 aromatic heterocycles. The van der Waals surface area contributed by atoms with E-state index in [0.717, 1.165) is 0 Å². The zero-order valence-corrected chi connectivity index (χ0v) is 14.3. The number of amides is 2. The molecule has 0 saturated heterocycles. The van der Waals surface area contributed by atoms with Gasteiger partial charge < -0.3 is 10.4 Å². The number of carbonyl (C=O) groups excluding carboxylic acids is 2. The van der Waals surface area contributed by atoms with Crippen molar-refractivity contribution in [3.8, 4) is 5.75 Å². The number of hydrogen-bond acceptors (Lipinski definition) is 6. The Bertz CT molecular complexity index is 849. The number of nitro groups is 1. The predicted octanol–water partition coefficient (Wildman–Crippen LogP) is 1.96. The molecule has 2 aromatic carbocycles. The average Bonchev–Trinajstić information content (AvgIpc) is 2.65. The molecule has 2 rings (SSSR count). The fraction of sp³-hybridized carbons (Fsp3) is 0.167. The second-order valence-electron chi connectivity index (χ2n) is 5.55. The van der Waals surface area contributed by atoms with Gasteiger partial charge in [-0.25, -0.2) is 5.43 Å². The topological polar surface area (TPSA) is 134 Å². The van der Waals surface area contributed by atoms with Gasteiger partial charge in [-0.15, -0.1) is 0 Å². The highest BCUT2D eigenvalue weighted by Crippen LogP contribution is 2.11. The van der Waals surface area contributed by atoms with E-state index in [2.05, 4.69) is 15.8 Å². The van der Waals surface area contributed by atoms with Crippen LogP contribution in [-0.4, -0.2) is 34.6 Å². The molecule has 9 heteroatoms. The second kappa shape index (κ2) is 9.66. The predicted molar refractivity (Wildman–Crippen MR) is 98.5 cm³/mol. The van der Waals surface area contributed by atoms with Crippen molar-refractivity contribution in [2.75, 3.05) is 6.54 Å². The lowest BCUT2D eigenvalue weighted by Crippen LogP contribution is -2.26. The van der Waals surface area contributed by atoms with Gasteiger partial charge in [0, 0.05) is 30.7 Å². The maximum absolute atomic E-state index is 11.9. The molecule has 0 fully saturated rings. The number of non-ortho nitro benzene ring substituents is 1. The lowest BCUT2D eigenvalue weighted by atomic mass is 10.2. The average molecular weight is 370 g/mol. The molecule has 3 N–H and O–H groups in total. The minimum absolute atomic E-state index is 0.0884. The van der Waals surface area contributed by atoms with Gasteiger partial charge in [0.2, 0.25) is 5.91 Å². The van der Waals surface area contributed by atoms with Crippen molar-refractivity contribution in [3.05, 3.63) is 69.8 Å². The van der Waals surface area contributed by atoms with Crippen LogP contribution in [0.25, 0.3) is 0 Å². The Hall–Kier alpha value is -3.75. The normalized spacial score (nSPS) is 10.5. The maximum Gasteiger partial charge on any atom is 0.269 e. The third-order valence-electron chi connectivity index (χ3n) is 3.48. The van der Waals surface area contributed by atoms with E-state index in [1.165, 1.54) is 42.6 Å². The molecule has 140 valence electrons. The first-order chi connectivity index (χ1) is 13.0. The van der Waals surface area contributed by atoms with E-state index in [9.17, 15) is 24.8 Å². The van der Waals surface area contributed by atoms with E-state index in [0.29, 0.717) is 17.5 Å². The Labute approximate surface area is 154 Å². The highest BCUT2D eigenvalue weighted by Gasteiger charge is 2.09. The molecule has 0 atom stereocenters. The molecule has 0 saturated carbocycles. The minimum Gasteiger partial charge on any atom is -0.508 e. The summed E-state index contributed by atoms with van der Waals surface area (Å²) in [5.74, 6) is -0.572. The Morgan fingerprint density at radius 1 is 1.19 bits per heavy atom. The number of phenols is 1. The van der Waals surface area contributed by atoms with Crippen molar-refractivity contribution in [1.29, 1.82) is 0 Å². The number of nitrogens with one attached hydrogen (secondary N) is 2. The van der Waals surface area contributed by atoms with Gasteiger partial charge in [-0.05, 0) is 36.2 Å². The van der Waals surface area contributed by atoms with Gasteiger partial charge in [-0.2, -0.15) is 5.10 Å². The van der Waals surface area contributed by atoms with Gasteiger partial charge in [0.05, 0.1) is 11.1 Å². The summed E-state index contributed by atoms with van der Waals surface area (Å²) >= 11 is 0. The molecule has 0 bridgehead atoms. The maximum atomic E-state index is 11.9. The molecule has 2 aromatic rings. The quantitative estimate of drug-likeness (QED) is 0.283. The van der Waals surface area contributed by atoms with Crippen molar-refractivity contribution < 1.29 is 19.6 Å².